The van der Waals surface area contributed by atoms with E-state index in [1.165, 1.54) is 79.7 Å². The Kier molecular flexibility index (Phi) is 15.3. The third-order valence-electron chi connectivity index (χ3n) is 17.3. The topological polar surface area (TPSA) is 58.9 Å². The lowest BCUT2D eigenvalue weighted by Crippen LogP contribution is -1.99. The third kappa shape index (κ3) is 10.5. The van der Waals surface area contributed by atoms with Crippen molar-refractivity contribution in [2.24, 2.45) is 0 Å². The summed E-state index contributed by atoms with van der Waals surface area (Å²) in [5.74, 6) is 2.59. The van der Waals surface area contributed by atoms with E-state index < -0.39 is 0 Å². The standard InChI is InChI=1S/C82H50O4S8/c83-45-47-29-37-61(59(41-47)57-15-11-27-75-81(57)93-71-23-7-3-19-67(71)89-75)85-63-39-33-49-43-51(55-13-9-25-73-79(55)91-69-21-5-1-17-65(69)87-73)31-35-53(49)77(63)78-54-36-32-52(56-14-10-26-74-80(56)92-70-22-6-2-18-66(70)88-74)44-50(54)34-40-64(78)86-62-38-30-48(46-84)42-60(62)58-16-12-28-76-82(58)94-72-24-8-4-20-68(72)90-76/h1-44,83-84H,45-46H2. The predicted octanol–water partition coefficient (Wildman–Crippen LogP) is 25.4. The van der Waals surface area contributed by atoms with Crippen molar-refractivity contribution in [1.29, 1.82) is 0 Å². The molecular formula is C82H50O4S8. The van der Waals surface area contributed by atoms with Crippen LogP contribution in [-0.4, -0.2) is 10.2 Å². The minimum atomic E-state index is -0.127. The van der Waals surface area contributed by atoms with Crippen LogP contribution < -0.4 is 9.47 Å². The van der Waals surface area contributed by atoms with E-state index in [2.05, 4.69) is 243 Å². The fraction of sp³-hybridized carbons (Fsp3) is 0.0244. The van der Waals surface area contributed by atoms with Gasteiger partial charge in [0.25, 0.3) is 0 Å². The number of ether oxygens (including phenoxy) is 2. The first-order valence-corrected chi connectivity index (χ1v) is 37.3. The van der Waals surface area contributed by atoms with Gasteiger partial charge in [-0.2, -0.15) is 0 Å². The maximum absolute atomic E-state index is 10.9. The van der Waals surface area contributed by atoms with Crippen molar-refractivity contribution in [1.82, 2.24) is 0 Å². The minimum Gasteiger partial charge on any atom is -0.456 e. The number of fused-ring (bicyclic) bond motifs is 10. The Morgan fingerprint density at radius 2 is 0.532 bits per heavy atom. The molecule has 0 unspecified atom stereocenters. The number of aliphatic hydroxyl groups excluding tert-OH is 2. The molecule has 0 atom stereocenters. The molecule has 0 radical (unpaired) electrons. The van der Waals surface area contributed by atoms with Gasteiger partial charge in [-0.15, -0.1) is 0 Å². The molecule has 12 heteroatoms. The quantitative estimate of drug-likeness (QED) is 0.130. The van der Waals surface area contributed by atoms with Crippen LogP contribution in [0.25, 0.3) is 77.2 Å². The van der Waals surface area contributed by atoms with Crippen molar-refractivity contribution in [3.63, 3.8) is 0 Å². The Hall–Kier alpha value is -8.08. The molecule has 0 spiro atoms. The summed E-state index contributed by atoms with van der Waals surface area (Å²) in [5, 5.41) is 25.8. The lowest BCUT2D eigenvalue weighted by molar-refractivity contribution is 0.281. The molecule has 4 heterocycles. The normalized spacial score (nSPS) is 13.2. The third-order valence-corrected chi connectivity index (χ3v) is 27.8. The van der Waals surface area contributed by atoms with Crippen molar-refractivity contribution in [3.05, 3.63) is 278 Å². The highest BCUT2D eigenvalue weighted by Gasteiger charge is 2.29. The summed E-state index contributed by atoms with van der Waals surface area (Å²) in [6, 6.07) is 95.5. The summed E-state index contributed by atoms with van der Waals surface area (Å²) >= 11 is 14.5. The molecule has 450 valence electrons. The van der Waals surface area contributed by atoms with E-state index in [1.807, 2.05) is 71.3 Å². The van der Waals surface area contributed by atoms with Gasteiger partial charge in [0.15, 0.2) is 0 Å². The fourth-order valence-corrected chi connectivity index (χ4v) is 22.5. The maximum atomic E-state index is 10.9. The van der Waals surface area contributed by atoms with Crippen molar-refractivity contribution in [2.75, 3.05) is 0 Å². The Balaban J connectivity index is 0.860. The van der Waals surface area contributed by atoms with Crippen LogP contribution in [0, 0.1) is 0 Å². The molecule has 0 saturated carbocycles. The monoisotopic (exact) mass is 1350 g/mol. The molecule has 4 aliphatic heterocycles. The van der Waals surface area contributed by atoms with E-state index in [4.69, 9.17) is 9.47 Å². The predicted molar refractivity (Wildman–Crippen MR) is 392 cm³/mol. The number of rotatable bonds is 11. The van der Waals surface area contributed by atoms with E-state index in [0.29, 0.717) is 23.0 Å². The van der Waals surface area contributed by atoms with Crippen LogP contribution in [0.1, 0.15) is 11.1 Å². The van der Waals surface area contributed by atoms with E-state index in [0.717, 1.165) is 87.0 Å². The second-order valence-electron chi connectivity index (χ2n) is 23.1. The first-order valence-electron chi connectivity index (χ1n) is 30.7. The molecule has 0 bridgehead atoms. The molecule has 4 nitrogen and oxygen atoms in total. The van der Waals surface area contributed by atoms with Gasteiger partial charge in [-0.25, -0.2) is 0 Å². The molecule has 94 heavy (non-hydrogen) atoms. The summed E-state index contributed by atoms with van der Waals surface area (Å²) in [6.07, 6.45) is 0. The lowest BCUT2D eigenvalue weighted by atomic mass is 9.89. The van der Waals surface area contributed by atoms with Gasteiger partial charge in [0.2, 0.25) is 0 Å². The van der Waals surface area contributed by atoms with Gasteiger partial charge in [0, 0.05) is 112 Å². The summed E-state index contributed by atoms with van der Waals surface area (Å²) in [5.41, 5.74) is 11.7. The Morgan fingerprint density at radius 3 is 0.872 bits per heavy atom. The van der Waals surface area contributed by atoms with Crippen molar-refractivity contribution >= 4 is 116 Å². The van der Waals surface area contributed by atoms with E-state index in [9.17, 15) is 10.2 Å². The van der Waals surface area contributed by atoms with Gasteiger partial charge in [0.05, 0.1) is 13.2 Å². The van der Waals surface area contributed by atoms with Gasteiger partial charge < -0.3 is 19.7 Å². The molecule has 2 N–H and O–H groups in total. The smallest absolute Gasteiger partial charge is 0.136 e. The van der Waals surface area contributed by atoms with Crippen LogP contribution >= 0.6 is 94.1 Å². The Bertz CT molecular complexity index is 5140. The molecular weight excluding hydrogens is 1310 g/mol. The van der Waals surface area contributed by atoms with Gasteiger partial charge in [-0.05, 0) is 176 Å². The first kappa shape index (κ1) is 58.5. The van der Waals surface area contributed by atoms with Crippen LogP contribution in [0.15, 0.2) is 345 Å². The van der Waals surface area contributed by atoms with Crippen LogP contribution in [-0.2, 0) is 13.2 Å². The van der Waals surface area contributed by atoms with Crippen LogP contribution in [0.3, 0.4) is 0 Å². The number of hydrogen-bond donors (Lipinski definition) is 2. The average molecular weight is 1360 g/mol. The Labute approximate surface area is 578 Å². The summed E-state index contributed by atoms with van der Waals surface area (Å²) < 4.78 is 15.4. The first-order chi connectivity index (χ1) is 46.4. The zero-order chi connectivity index (χ0) is 62.4. The average Bonchev–Trinajstić information content (AvgIpc) is 0.752. The molecule has 0 fully saturated rings. The van der Waals surface area contributed by atoms with Crippen molar-refractivity contribution in [2.45, 2.75) is 91.5 Å². The number of hydrogen-bond acceptors (Lipinski definition) is 12. The van der Waals surface area contributed by atoms with E-state index >= 15 is 0 Å². The van der Waals surface area contributed by atoms with Crippen LogP contribution in [0.4, 0.5) is 0 Å². The van der Waals surface area contributed by atoms with Crippen molar-refractivity contribution in [3.8, 4) is 78.6 Å². The van der Waals surface area contributed by atoms with E-state index in [1.54, 1.807) is 47.0 Å². The van der Waals surface area contributed by atoms with Gasteiger partial charge in [0.1, 0.15) is 23.0 Å². The van der Waals surface area contributed by atoms with Gasteiger partial charge >= 0.3 is 0 Å². The highest BCUT2D eigenvalue weighted by molar-refractivity contribution is 8.06. The second kappa shape index (κ2) is 24.6. The SMILES string of the molecule is OCc1ccc(Oc2ccc3cc(-c4cccc5c4Sc4ccccc4S5)ccc3c2-c2c(Oc3ccc(CO)cc3-c3cccc4c3Sc3ccccc3S4)ccc3cc(-c4cccc5c4Sc4ccccc4S5)ccc23)c(-c2cccc3c2Sc2ccccc2S3)c1. The van der Waals surface area contributed by atoms with Crippen LogP contribution in [0.2, 0.25) is 0 Å². The van der Waals surface area contributed by atoms with Gasteiger partial charge in [-0.1, -0.05) is 240 Å². The summed E-state index contributed by atoms with van der Waals surface area (Å²) in [4.78, 5) is 19.5. The number of benzene rings is 14. The maximum Gasteiger partial charge on any atom is 0.136 e. The van der Waals surface area contributed by atoms with E-state index in [-0.39, 0.29) is 13.2 Å². The highest BCUT2D eigenvalue weighted by Crippen LogP contribution is 2.59. The largest absolute Gasteiger partial charge is 0.456 e. The highest BCUT2D eigenvalue weighted by atomic mass is 32.2. The molecule has 0 saturated heterocycles. The zero-order valence-electron chi connectivity index (χ0n) is 49.8. The molecule has 14 aromatic carbocycles. The molecule has 18 rings (SSSR count). The molecule has 0 aliphatic carbocycles. The molecule has 0 amide bonds. The fourth-order valence-electron chi connectivity index (χ4n) is 12.9. The molecule has 14 aromatic rings. The summed E-state index contributed by atoms with van der Waals surface area (Å²) in [6.45, 7) is -0.254. The Morgan fingerprint density at radius 1 is 0.234 bits per heavy atom. The zero-order valence-corrected chi connectivity index (χ0v) is 56.3. The van der Waals surface area contributed by atoms with Crippen molar-refractivity contribution < 1.29 is 19.7 Å². The summed E-state index contributed by atoms with van der Waals surface area (Å²) in [7, 11) is 0. The molecule has 0 aromatic heterocycles. The molecule has 4 aliphatic rings. The van der Waals surface area contributed by atoms with Crippen LogP contribution in [0.5, 0.6) is 23.0 Å². The second-order valence-corrected chi connectivity index (χ2v) is 31.6. The minimum absolute atomic E-state index is 0.127. The number of aliphatic hydroxyl groups is 2. The lowest BCUT2D eigenvalue weighted by Gasteiger charge is -2.24. The van der Waals surface area contributed by atoms with Gasteiger partial charge in [-0.3, -0.25) is 0 Å².